The molecule has 3 aromatic heterocycles. The molecule has 0 aromatic carbocycles. The molecule has 0 radical (unpaired) electrons. The highest BCUT2D eigenvalue weighted by molar-refractivity contribution is 7.92. The number of aldehydes is 1. The van der Waals surface area contributed by atoms with Gasteiger partial charge in [-0.1, -0.05) is 0 Å². The summed E-state index contributed by atoms with van der Waals surface area (Å²) in [6, 6.07) is 1.62. The molecule has 0 saturated carbocycles. The van der Waals surface area contributed by atoms with Crippen LogP contribution >= 0.6 is 11.6 Å². The number of aromatic nitrogens is 5. The first-order valence-electron chi connectivity index (χ1n) is 7.02. The molecule has 11 heteroatoms. The fourth-order valence-electron chi connectivity index (χ4n) is 2.34. The van der Waals surface area contributed by atoms with E-state index < -0.39 is 10.0 Å². The highest BCUT2D eigenvalue weighted by Gasteiger charge is 2.20. The fourth-order valence-corrected chi connectivity index (χ4v) is 2.94. The van der Waals surface area contributed by atoms with Crippen molar-refractivity contribution in [3.63, 3.8) is 0 Å². The van der Waals surface area contributed by atoms with Gasteiger partial charge in [0.05, 0.1) is 18.5 Å². The Morgan fingerprint density at radius 3 is 2.68 bits per heavy atom. The molecule has 0 aliphatic carbocycles. The number of nitrogens with zero attached hydrogens (tertiary/aromatic N) is 6. The second-order valence-corrected chi connectivity index (χ2v) is 7.60. The molecule has 0 bridgehead atoms. The van der Waals surface area contributed by atoms with Crippen molar-refractivity contribution >= 4 is 44.8 Å². The van der Waals surface area contributed by atoms with Gasteiger partial charge >= 0.3 is 0 Å². The number of rotatable bonds is 5. The van der Waals surface area contributed by atoms with E-state index in [0.717, 1.165) is 10.6 Å². The number of hydrogen-bond donors (Lipinski definition) is 0. The Balaban J connectivity index is 2.14. The largest absolute Gasteiger partial charge is 0.317 e. The maximum atomic E-state index is 11.8. The first-order valence-corrected chi connectivity index (χ1v) is 9.24. The van der Waals surface area contributed by atoms with Crippen LogP contribution in [0.4, 0.5) is 5.82 Å². The normalized spacial score (nSPS) is 11.6. The van der Waals surface area contributed by atoms with Crippen LogP contribution in [0, 0.1) is 0 Å². The van der Waals surface area contributed by atoms with Crippen LogP contribution in [0.15, 0.2) is 24.7 Å². The lowest BCUT2D eigenvalue weighted by atomic mass is 10.3. The van der Waals surface area contributed by atoms with Crippen LogP contribution in [-0.4, -0.2) is 52.5 Å². The number of sulfonamides is 1. The minimum Gasteiger partial charge on any atom is -0.317 e. The zero-order chi connectivity index (χ0) is 18.2. The molecule has 3 heterocycles. The van der Waals surface area contributed by atoms with Gasteiger partial charge in [-0.05, 0) is 17.7 Å². The number of carbonyl (C=O) groups excluding carboxylic acids is 1. The third-order valence-corrected chi connectivity index (χ3v) is 4.96. The van der Waals surface area contributed by atoms with Gasteiger partial charge < -0.3 is 4.57 Å². The third kappa shape index (κ3) is 3.30. The number of carbonyl (C=O) groups is 1. The lowest BCUT2D eigenvalue weighted by molar-refractivity contribution is 0.111. The fraction of sp³-hybridized carbons (Fsp3) is 0.214. The molecule has 0 spiro atoms. The standard InChI is InChI=1S/C14H13ClN6O3S/c1-20(25(2,23)24)13-11(16-3-4-17-13)7-21-10(8-22)5-9-6-18-14(15)19-12(9)21/h3-6,8H,7H2,1-2H3. The summed E-state index contributed by atoms with van der Waals surface area (Å²) in [6.07, 6.45) is 6.10. The zero-order valence-corrected chi connectivity index (χ0v) is 14.9. The molecule has 9 nitrogen and oxygen atoms in total. The van der Waals surface area contributed by atoms with E-state index in [9.17, 15) is 13.2 Å². The van der Waals surface area contributed by atoms with E-state index in [-0.39, 0.29) is 17.6 Å². The Bertz CT molecular complexity index is 1070. The topological polar surface area (TPSA) is 111 Å². The maximum absolute atomic E-state index is 11.8. The van der Waals surface area contributed by atoms with Crippen LogP contribution in [0.25, 0.3) is 11.0 Å². The SMILES string of the molecule is CN(c1nccnc1Cn1c(C=O)cc2cnc(Cl)nc21)S(C)(=O)=O. The van der Waals surface area contributed by atoms with Gasteiger partial charge in [-0.25, -0.2) is 18.4 Å². The maximum Gasteiger partial charge on any atom is 0.233 e. The summed E-state index contributed by atoms with van der Waals surface area (Å²) in [5.41, 5.74) is 1.15. The molecule has 0 unspecified atom stereocenters. The minimum absolute atomic E-state index is 0.0388. The Morgan fingerprint density at radius 1 is 1.28 bits per heavy atom. The molecule has 3 rings (SSSR count). The quantitative estimate of drug-likeness (QED) is 0.481. The Morgan fingerprint density at radius 2 is 2.00 bits per heavy atom. The summed E-state index contributed by atoms with van der Waals surface area (Å²) in [5.74, 6) is 0.170. The molecule has 0 amide bonds. The van der Waals surface area contributed by atoms with Crippen LogP contribution in [-0.2, 0) is 16.6 Å². The van der Waals surface area contributed by atoms with Gasteiger partial charge in [0.2, 0.25) is 15.3 Å². The predicted molar refractivity (Wildman–Crippen MR) is 92.3 cm³/mol. The van der Waals surface area contributed by atoms with Gasteiger partial charge in [0.1, 0.15) is 11.3 Å². The highest BCUT2D eigenvalue weighted by Crippen LogP contribution is 2.22. The van der Waals surface area contributed by atoms with Crippen LogP contribution in [0.2, 0.25) is 5.28 Å². The van der Waals surface area contributed by atoms with E-state index in [0.29, 0.717) is 28.7 Å². The Hall–Kier alpha value is -2.59. The van der Waals surface area contributed by atoms with E-state index >= 15 is 0 Å². The molecular formula is C14H13ClN6O3S. The van der Waals surface area contributed by atoms with Crippen LogP contribution < -0.4 is 4.31 Å². The first-order chi connectivity index (χ1) is 11.8. The van der Waals surface area contributed by atoms with E-state index in [1.807, 2.05) is 0 Å². The molecular weight excluding hydrogens is 368 g/mol. The van der Waals surface area contributed by atoms with Crippen molar-refractivity contribution in [2.75, 3.05) is 17.6 Å². The highest BCUT2D eigenvalue weighted by atomic mass is 35.5. The molecule has 3 aromatic rings. The Labute approximate surface area is 148 Å². The predicted octanol–water partition coefficient (Wildman–Crippen LogP) is 1.13. The number of halogens is 1. The van der Waals surface area contributed by atoms with Crippen molar-refractivity contribution in [3.8, 4) is 0 Å². The van der Waals surface area contributed by atoms with Crippen LogP contribution in [0.5, 0.6) is 0 Å². The summed E-state index contributed by atoms with van der Waals surface area (Å²) < 4.78 is 26.3. The summed E-state index contributed by atoms with van der Waals surface area (Å²) in [7, 11) is -2.13. The molecule has 0 saturated heterocycles. The third-order valence-electron chi connectivity index (χ3n) is 3.61. The smallest absolute Gasteiger partial charge is 0.233 e. The average Bonchev–Trinajstić information content (AvgIpc) is 2.91. The van der Waals surface area contributed by atoms with E-state index in [4.69, 9.17) is 11.6 Å². The van der Waals surface area contributed by atoms with E-state index in [1.165, 1.54) is 25.6 Å². The van der Waals surface area contributed by atoms with Crippen LogP contribution in [0.1, 0.15) is 16.2 Å². The monoisotopic (exact) mass is 380 g/mol. The summed E-state index contributed by atoms with van der Waals surface area (Å²) >= 11 is 5.85. The number of anilines is 1. The van der Waals surface area contributed by atoms with Gasteiger partial charge in [-0.15, -0.1) is 0 Å². The first kappa shape index (κ1) is 17.2. The van der Waals surface area contributed by atoms with Gasteiger partial charge in [0.15, 0.2) is 12.1 Å². The lowest BCUT2D eigenvalue weighted by Crippen LogP contribution is -2.27. The summed E-state index contributed by atoms with van der Waals surface area (Å²) in [6.45, 7) is 0.0912. The van der Waals surface area contributed by atoms with Crippen LogP contribution in [0.3, 0.4) is 0 Å². The van der Waals surface area contributed by atoms with Crippen molar-refractivity contribution in [2.45, 2.75) is 6.54 Å². The van der Waals surface area contributed by atoms with Gasteiger partial charge in [0, 0.05) is 31.0 Å². The van der Waals surface area contributed by atoms with Gasteiger partial charge in [-0.2, -0.15) is 4.98 Å². The second kappa shape index (κ2) is 6.37. The lowest BCUT2D eigenvalue weighted by Gasteiger charge is -2.18. The molecule has 0 atom stereocenters. The molecule has 0 aliphatic heterocycles. The number of hydrogen-bond acceptors (Lipinski definition) is 7. The second-order valence-electron chi connectivity index (χ2n) is 5.25. The van der Waals surface area contributed by atoms with Gasteiger partial charge in [0.25, 0.3) is 0 Å². The van der Waals surface area contributed by atoms with Crippen molar-refractivity contribution in [3.05, 3.63) is 41.3 Å². The molecule has 0 fully saturated rings. The summed E-state index contributed by atoms with van der Waals surface area (Å²) in [4.78, 5) is 27.8. The molecule has 0 aliphatic rings. The van der Waals surface area contributed by atoms with E-state index in [2.05, 4.69) is 19.9 Å². The van der Waals surface area contributed by atoms with Gasteiger partial charge in [-0.3, -0.25) is 14.1 Å². The van der Waals surface area contributed by atoms with E-state index in [1.54, 1.807) is 10.6 Å². The van der Waals surface area contributed by atoms with Crippen molar-refractivity contribution in [1.82, 2.24) is 24.5 Å². The number of fused-ring (bicyclic) bond motifs is 1. The average molecular weight is 381 g/mol. The Kier molecular flexibility index (Phi) is 4.39. The molecule has 0 N–H and O–H groups in total. The molecule has 25 heavy (non-hydrogen) atoms. The molecule has 130 valence electrons. The van der Waals surface area contributed by atoms with Crippen molar-refractivity contribution in [2.24, 2.45) is 0 Å². The summed E-state index contributed by atoms with van der Waals surface area (Å²) in [5, 5.41) is 0.672. The van der Waals surface area contributed by atoms with Crippen molar-refractivity contribution < 1.29 is 13.2 Å². The van der Waals surface area contributed by atoms with Crippen molar-refractivity contribution in [1.29, 1.82) is 0 Å². The minimum atomic E-state index is -3.52. The zero-order valence-electron chi connectivity index (χ0n) is 13.3.